The molecule has 1 aromatic rings. The number of fused-ring (bicyclic) bond motifs is 3. The van der Waals surface area contributed by atoms with E-state index in [9.17, 15) is 24.6 Å². The average Bonchev–Trinajstić information content (AvgIpc) is 2.84. The van der Waals surface area contributed by atoms with Crippen LogP contribution in [0.4, 0.5) is 5.69 Å². The maximum absolute atomic E-state index is 13.0. The number of anilines is 1. The van der Waals surface area contributed by atoms with E-state index in [4.69, 9.17) is 0 Å². The van der Waals surface area contributed by atoms with E-state index in [-0.39, 0.29) is 24.0 Å². The van der Waals surface area contributed by atoms with Gasteiger partial charge in [0.2, 0.25) is 11.8 Å². The van der Waals surface area contributed by atoms with Gasteiger partial charge in [-0.05, 0) is 25.0 Å². The topological polar surface area (TPSA) is 94.9 Å². The first kappa shape index (κ1) is 15.5. The lowest BCUT2D eigenvalue weighted by atomic mass is 9.60. The predicted molar refractivity (Wildman–Crippen MR) is 83.8 cm³/mol. The highest BCUT2D eigenvalue weighted by atomic mass is 16.3. The summed E-state index contributed by atoms with van der Waals surface area (Å²) in [6.45, 7) is 0. The number of hydrogen-bond donors (Lipinski definition) is 2. The first-order valence-electron chi connectivity index (χ1n) is 8.32. The zero-order valence-electron chi connectivity index (χ0n) is 13.0. The molecule has 2 aliphatic carbocycles. The first-order valence-corrected chi connectivity index (χ1v) is 8.32. The van der Waals surface area contributed by atoms with Gasteiger partial charge in [0.1, 0.15) is 5.78 Å². The van der Waals surface area contributed by atoms with Gasteiger partial charge >= 0.3 is 0 Å². The minimum Gasteiger partial charge on any atom is -0.390 e. The van der Waals surface area contributed by atoms with Crippen molar-refractivity contribution in [3.8, 4) is 0 Å². The van der Waals surface area contributed by atoms with E-state index in [2.05, 4.69) is 0 Å². The van der Waals surface area contributed by atoms with Crippen molar-refractivity contribution in [3.05, 3.63) is 30.3 Å². The Morgan fingerprint density at radius 2 is 1.58 bits per heavy atom. The molecule has 6 atom stereocenters. The number of aliphatic hydroxyl groups excluding tert-OH is 2. The molecule has 2 N–H and O–H groups in total. The van der Waals surface area contributed by atoms with Crippen LogP contribution in [0.2, 0.25) is 0 Å². The molecule has 2 saturated carbocycles. The molecule has 0 aromatic heterocycles. The highest BCUT2D eigenvalue weighted by Gasteiger charge is 2.60. The molecule has 1 aromatic carbocycles. The molecule has 3 fully saturated rings. The van der Waals surface area contributed by atoms with Gasteiger partial charge in [0, 0.05) is 18.3 Å². The standard InChI is InChI=1S/C18H19NO5/c20-12-8-13(21)16(22)14-10(12)6-7-11-15(14)18(24)19(17(11)23)9-4-2-1-3-5-9/h1-5,10-11,13-16,21-22H,6-8H2/t10-,11-,13-,14+,15-,16-/m1/s1. The Labute approximate surface area is 139 Å². The van der Waals surface area contributed by atoms with E-state index in [1.54, 1.807) is 30.3 Å². The van der Waals surface area contributed by atoms with Crippen molar-refractivity contribution in [1.82, 2.24) is 0 Å². The molecular formula is C18H19NO5. The van der Waals surface area contributed by atoms with Gasteiger partial charge in [-0.1, -0.05) is 18.2 Å². The van der Waals surface area contributed by atoms with Crippen molar-refractivity contribution < 1.29 is 24.6 Å². The summed E-state index contributed by atoms with van der Waals surface area (Å²) in [6.07, 6.45) is -1.44. The number of carbonyl (C=O) groups is 3. The van der Waals surface area contributed by atoms with Crippen LogP contribution in [0.1, 0.15) is 19.3 Å². The van der Waals surface area contributed by atoms with Crippen LogP contribution in [-0.2, 0) is 14.4 Å². The highest BCUT2D eigenvalue weighted by molar-refractivity contribution is 6.22. The summed E-state index contributed by atoms with van der Waals surface area (Å²) in [5, 5.41) is 20.4. The SMILES string of the molecule is O=C1C[C@@H](O)[C@@H](O)[C@@H]2[C@@H]3C(=O)N(c4ccccc4)C(=O)[C@@H]3CC[C@H]12. The molecule has 6 heteroatoms. The van der Waals surface area contributed by atoms with Crippen LogP contribution < -0.4 is 4.90 Å². The second-order valence-corrected chi connectivity index (χ2v) is 6.97. The maximum Gasteiger partial charge on any atom is 0.238 e. The van der Waals surface area contributed by atoms with Crippen LogP contribution in [-0.4, -0.2) is 40.0 Å². The van der Waals surface area contributed by atoms with Crippen LogP contribution in [0.3, 0.4) is 0 Å². The number of amides is 2. The summed E-state index contributed by atoms with van der Waals surface area (Å²) in [4.78, 5) is 39.1. The fourth-order valence-corrected chi connectivity index (χ4v) is 4.68. The van der Waals surface area contributed by atoms with E-state index < -0.39 is 35.9 Å². The molecule has 1 aliphatic heterocycles. The molecule has 4 rings (SSSR count). The average molecular weight is 329 g/mol. The predicted octanol–water partition coefficient (Wildman–Crippen LogP) is 0.513. The van der Waals surface area contributed by atoms with Crippen LogP contribution in [0.25, 0.3) is 0 Å². The van der Waals surface area contributed by atoms with Crippen LogP contribution in [0.5, 0.6) is 0 Å². The van der Waals surface area contributed by atoms with Crippen LogP contribution in [0.15, 0.2) is 30.3 Å². The normalized spacial score (nSPS) is 38.9. The van der Waals surface area contributed by atoms with Gasteiger partial charge in [-0.3, -0.25) is 19.3 Å². The summed E-state index contributed by atoms with van der Waals surface area (Å²) >= 11 is 0. The molecule has 0 bridgehead atoms. The van der Waals surface area contributed by atoms with Crippen molar-refractivity contribution in [1.29, 1.82) is 0 Å². The van der Waals surface area contributed by atoms with E-state index in [1.165, 1.54) is 4.90 Å². The smallest absolute Gasteiger partial charge is 0.238 e. The third kappa shape index (κ3) is 2.06. The molecule has 0 unspecified atom stereocenters. The fourth-order valence-electron chi connectivity index (χ4n) is 4.68. The van der Waals surface area contributed by atoms with Crippen LogP contribution in [0, 0.1) is 23.7 Å². The largest absolute Gasteiger partial charge is 0.390 e. The molecule has 24 heavy (non-hydrogen) atoms. The summed E-state index contributed by atoms with van der Waals surface area (Å²) in [5.74, 6) is -3.13. The number of carbonyl (C=O) groups excluding carboxylic acids is 3. The van der Waals surface area contributed by atoms with Crippen molar-refractivity contribution in [2.45, 2.75) is 31.5 Å². The Hall–Kier alpha value is -2.05. The molecular weight excluding hydrogens is 310 g/mol. The van der Waals surface area contributed by atoms with Crippen molar-refractivity contribution in [3.63, 3.8) is 0 Å². The van der Waals surface area contributed by atoms with Crippen molar-refractivity contribution >= 4 is 23.3 Å². The van der Waals surface area contributed by atoms with Gasteiger partial charge in [-0.2, -0.15) is 0 Å². The Morgan fingerprint density at radius 3 is 2.29 bits per heavy atom. The van der Waals surface area contributed by atoms with Gasteiger partial charge in [0.05, 0.1) is 29.7 Å². The second-order valence-electron chi connectivity index (χ2n) is 6.97. The second kappa shape index (κ2) is 5.50. The highest BCUT2D eigenvalue weighted by Crippen LogP contribution is 2.49. The number of nitrogens with zero attached hydrogens (tertiary/aromatic N) is 1. The molecule has 3 aliphatic rings. The lowest BCUT2D eigenvalue weighted by Crippen LogP contribution is -2.54. The number of Topliss-reactive ketones (excluding diaryl/α,β-unsaturated/α-hetero) is 1. The van der Waals surface area contributed by atoms with Gasteiger partial charge in [-0.15, -0.1) is 0 Å². The van der Waals surface area contributed by atoms with Crippen molar-refractivity contribution in [2.75, 3.05) is 4.90 Å². The number of ketones is 1. The summed E-state index contributed by atoms with van der Waals surface area (Å²) in [6, 6.07) is 8.70. The van der Waals surface area contributed by atoms with E-state index in [0.29, 0.717) is 18.5 Å². The Bertz CT molecular complexity index is 703. The van der Waals surface area contributed by atoms with Gasteiger partial charge in [0.25, 0.3) is 0 Å². The Morgan fingerprint density at radius 1 is 0.917 bits per heavy atom. The van der Waals surface area contributed by atoms with E-state index in [1.807, 2.05) is 0 Å². The summed E-state index contributed by atoms with van der Waals surface area (Å²) in [5.41, 5.74) is 0.510. The molecule has 1 heterocycles. The minimum absolute atomic E-state index is 0.0791. The monoisotopic (exact) mass is 329 g/mol. The summed E-state index contributed by atoms with van der Waals surface area (Å²) < 4.78 is 0. The lowest BCUT2D eigenvalue weighted by Gasteiger charge is -2.44. The number of rotatable bonds is 1. The third-order valence-corrected chi connectivity index (χ3v) is 5.77. The van der Waals surface area contributed by atoms with E-state index >= 15 is 0 Å². The number of imide groups is 1. The molecule has 2 amide bonds. The Balaban J connectivity index is 1.73. The quantitative estimate of drug-likeness (QED) is 0.732. The number of aliphatic hydroxyl groups is 2. The van der Waals surface area contributed by atoms with E-state index in [0.717, 1.165) is 0 Å². The zero-order valence-corrected chi connectivity index (χ0v) is 13.0. The molecule has 6 nitrogen and oxygen atoms in total. The van der Waals surface area contributed by atoms with Gasteiger partial charge in [-0.25, -0.2) is 0 Å². The minimum atomic E-state index is -1.16. The molecule has 126 valence electrons. The lowest BCUT2D eigenvalue weighted by molar-refractivity contribution is -0.155. The number of hydrogen-bond acceptors (Lipinski definition) is 5. The van der Waals surface area contributed by atoms with Crippen LogP contribution >= 0.6 is 0 Å². The van der Waals surface area contributed by atoms with Gasteiger partial charge < -0.3 is 10.2 Å². The van der Waals surface area contributed by atoms with Crippen molar-refractivity contribution in [2.24, 2.45) is 23.7 Å². The third-order valence-electron chi connectivity index (χ3n) is 5.77. The molecule has 0 spiro atoms. The Kier molecular flexibility index (Phi) is 3.54. The molecule has 1 saturated heterocycles. The maximum atomic E-state index is 13.0. The van der Waals surface area contributed by atoms with Gasteiger partial charge in [0.15, 0.2) is 0 Å². The number of benzene rings is 1. The fraction of sp³-hybridized carbons (Fsp3) is 0.500. The summed E-state index contributed by atoms with van der Waals surface area (Å²) in [7, 11) is 0. The molecule has 0 radical (unpaired) electrons. The number of para-hydroxylation sites is 1. The zero-order chi connectivity index (χ0) is 17.0. The first-order chi connectivity index (χ1) is 11.5.